The summed E-state index contributed by atoms with van der Waals surface area (Å²) in [4.78, 5) is 10.4. The van der Waals surface area contributed by atoms with Gasteiger partial charge in [0.25, 0.3) is 0 Å². The highest BCUT2D eigenvalue weighted by molar-refractivity contribution is 6.30. The lowest BCUT2D eigenvalue weighted by Crippen LogP contribution is -2.20. The van der Waals surface area contributed by atoms with Crippen LogP contribution < -0.4 is 5.73 Å². The van der Waals surface area contributed by atoms with Crippen LogP contribution in [-0.4, -0.2) is 11.1 Å². The van der Waals surface area contributed by atoms with Crippen molar-refractivity contribution in [2.75, 3.05) is 0 Å². The molecule has 0 aliphatic carbocycles. The Morgan fingerprint density at radius 1 is 1.29 bits per heavy atom. The molecule has 0 saturated carbocycles. The normalized spacial score (nSPS) is 10.7. The Labute approximate surface area is 99.1 Å². The molecule has 1 aromatic rings. The van der Waals surface area contributed by atoms with Crippen LogP contribution in [0.2, 0.25) is 5.02 Å². The van der Waals surface area contributed by atoms with Gasteiger partial charge in [-0.3, -0.25) is 4.79 Å². The van der Waals surface area contributed by atoms with Crippen molar-refractivity contribution < 1.29 is 9.90 Å². The van der Waals surface area contributed by atoms with Gasteiger partial charge in [-0.25, -0.2) is 0 Å². The molecule has 0 amide bonds. The minimum atomic E-state index is -1.04. The van der Waals surface area contributed by atoms with E-state index < -0.39 is 12.0 Å². The van der Waals surface area contributed by atoms with Gasteiger partial charge in [0, 0.05) is 5.02 Å². The standard InChI is InChI=1S/C8H8ClNO2.2ClH/c9-6-3-1-5(2-4-6)7(10)8(11)12;;/h1-4,7H,10H2,(H,11,12);2*1H. The van der Waals surface area contributed by atoms with E-state index in [2.05, 4.69) is 0 Å². The number of hydrogen-bond donors (Lipinski definition) is 2. The summed E-state index contributed by atoms with van der Waals surface area (Å²) in [6, 6.07) is 5.45. The van der Waals surface area contributed by atoms with E-state index in [1.54, 1.807) is 24.3 Å². The number of carboxylic acids is 1. The molecular weight excluding hydrogens is 248 g/mol. The Hall–Kier alpha value is -0.480. The zero-order valence-corrected chi connectivity index (χ0v) is 9.40. The zero-order valence-electron chi connectivity index (χ0n) is 7.01. The van der Waals surface area contributed by atoms with E-state index in [-0.39, 0.29) is 24.8 Å². The van der Waals surface area contributed by atoms with Crippen LogP contribution in [0.15, 0.2) is 24.3 Å². The zero-order chi connectivity index (χ0) is 9.14. The van der Waals surface area contributed by atoms with E-state index in [1.165, 1.54) is 0 Å². The fourth-order valence-corrected chi connectivity index (χ4v) is 0.939. The first-order valence-corrected chi connectivity index (χ1v) is 3.73. The fraction of sp³-hybridized carbons (Fsp3) is 0.125. The molecule has 0 saturated heterocycles. The van der Waals surface area contributed by atoms with Crippen molar-refractivity contribution in [3.8, 4) is 0 Å². The Morgan fingerprint density at radius 2 is 1.71 bits per heavy atom. The van der Waals surface area contributed by atoms with Gasteiger partial charge in [-0.2, -0.15) is 0 Å². The van der Waals surface area contributed by atoms with E-state index in [4.69, 9.17) is 22.4 Å². The number of halogens is 3. The summed E-state index contributed by atoms with van der Waals surface area (Å²) in [6.45, 7) is 0. The molecule has 1 aromatic carbocycles. The summed E-state index contributed by atoms with van der Waals surface area (Å²) in [5.41, 5.74) is 5.89. The Morgan fingerprint density at radius 3 is 2.07 bits per heavy atom. The molecule has 0 aromatic heterocycles. The van der Waals surface area contributed by atoms with Gasteiger partial charge in [-0.05, 0) is 17.7 Å². The third kappa shape index (κ3) is 4.15. The van der Waals surface area contributed by atoms with Crippen molar-refractivity contribution in [3.63, 3.8) is 0 Å². The molecule has 80 valence electrons. The van der Waals surface area contributed by atoms with Gasteiger partial charge in [-0.1, -0.05) is 23.7 Å². The van der Waals surface area contributed by atoms with Crippen molar-refractivity contribution in [2.24, 2.45) is 5.73 Å². The lowest BCUT2D eigenvalue weighted by molar-refractivity contribution is -0.138. The summed E-state index contributed by atoms with van der Waals surface area (Å²) in [7, 11) is 0. The summed E-state index contributed by atoms with van der Waals surface area (Å²) in [5, 5.41) is 9.11. The van der Waals surface area contributed by atoms with Gasteiger partial charge >= 0.3 is 5.97 Å². The molecule has 0 bridgehead atoms. The second kappa shape index (κ2) is 6.90. The topological polar surface area (TPSA) is 63.3 Å². The number of carboxylic acid groups (broad SMARTS) is 1. The van der Waals surface area contributed by atoms with Gasteiger partial charge in [0.2, 0.25) is 0 Å². The van der Waals surface area contributed by atoms with Crippen LogP contribution in [0.1, 0.15) is 11.6 Å². The number of benzene rings is 1. The van der Waals surface area contributed by atoms with Crippen molar-refractivity contribution in [1.29, 1.82) is 0 Å². The van der Waals surface area contributed by atoms with E-state index in [0.717, 1.165) is 0 Å². The molecule has 3 N–H and O–H groups in total. The lowest BCUT2D eigenvalue weighted by Gasteiger charge is -2.05. The molecule has 1 unspecified atom stereocenters. The minimum Gasteiger partial charge on any atom is -0.480 e. The summed E-state index contributed by atoms with van der Waals surface area (Å²) < 4.78 is 0. The predicted octanol–water partition coefficient (Wildman–Crippen LogP) is 2.27. The Kier molecular flexibility index (Phi) is 7.87. The summed E-state index contributed by atoms with van der Waals surface area (Å²) >= 11 is 5.61. The molecule has 6 heteroatoms. The molecule has 0 spiro atoms. The first kappa shape index (κ1) is 16.0. The van der Waals surface area contributed by atoms with Crippen molar-refractivity contribution >= 4 is 42.4 Å². The van der Waals surface area contributed by atoms with Crippen LogP contribution in [0.3, 0.4) is 0 Å². The second-order valence-corrected chi connectivity index (χ2v) is 2.80. The molecule has 0 aliphatic heterocycles. The van der Waals surface area contributed by atoms with E-state index in [9.17, 15) is 4.79 Å². The molecule has 14 heavy (non-hydrogen) atoms. The predicted molar refractivity (Wildman–Crippen MR) is 60.5 cm³/mol. The van der Waals surface area contributed by atoms with Crippen molar-refractivity contribution in [1.82, 2.24) is 0 Å². The first-order valence-electron chi connectivity index (χ1n) is 3.35. The van der Waals surface area contributed by atoms with Crippen molar-refractivity contribution in [3.05, 3.63) is 34.9 Å². The van der Waals surface area contributed by atoms with Gasteiger partial charge in [-0.15, -0.1) is 24.8 Å². The minimum absolute atomic E-state index is 0. The van der Waals surface area contributed by atoms with Crippen LogP contribution in [0, 0.1) is 0 Å². The number of nitrogens with two attached hydrogens (primary N) is 1. The molecular formula is C8H10Cl3NO2. The molecule has 0 aliphatic rings. The maximum absolute atomic E-state index is 10.4. The number of hydrogen-bond acceptors (Lipinski definition) is 2. The van der Waals surface area contributed by atoms with Crippen LogP contribution in [-0.2, 0) is 4.79 Å². The van der Waals surface area contributed by atoms with Gasteiger partial charge < -0.3 is 10.8 Å². The van der Waals surface area contributed by atoms with Crippen LogP contribution >= 0.6 is 36.4 Å². The average Bonchev–Trinajstić information content (AvgIpc) is 2.04. The van der Waals surface area contributed by atoms with E-state index in [0.29, 0.717) is 10.6 Å². The maximum atomic E-state index is 10.4. The highest BCUT2D eigenvalue weighted by Crippen LogP contribution is 2.14. The fourth-order valence-electron chi connectivity index (χ4n) is 0.813. The van der Waals surface area contributed by atoms with Crippen LogP contribution in [0.25, 0.3) is 0 Å². The largest absolute Gasteiger partial charge is 0.480 e. The van der Waals surface area contributed by atoms with Crippen LogP contribution in [0.5, 0.6) is 0 Å². The number of aliphatic carboxylic acids is 1. The highest BCUT2D eigenvalue weighted by atomic mass is 35.5. The molecule has 3 nitrogen and oxygen atoms in total. The second-order valence-electron chi connectivity index (χ2n) is 2.37. The molecule has 0 fully saturated rings. The highest BCUT2D eigenvalue weighted by Gasteiger charge is 2.12. The SMILES string of the molecule is Cl.Cl.NC(C(=O)O)c1ccc(Cl)cc1. The Balaban J connectivity index is 0. The van der Waals surface area contributed by atoms with Gasteiger partial charge in [0.05, 0.1) is 0 Å². The molecule has 0 heterocycles. The number of carbonyl (C=O) groups is 1. The monoisotopic (exact) mass is 257 g/mol. The Bertz CT molecular complexity index is 289. The smallest absolute Gasteiger partial charge is 0.325 e. The third-order valence-electron chi connectivity index (χ3n) is 1.50. The first-order chi connectivity index (χ1) is 5.61. The molecule has 1 atom stereocenters. The summed E-state index contributed by atoms with van der Waals surface area (Å²) in [6.07, 6.45) is 0. The lowest BCUT2D eigenvalue weighted by atomic mass is 10.1. The number of rotatable bonds is 2. The summed E-state index contributed by atoms with van der Waals surface area (Å²) in [5.74, 6) is -1.04. The van der Waals surface area contributed by atoms with Gasteiger partial charge in [0.1, 0.15) is 6.04 Å². The van der Waals surface area contributed by atoms with E-state index >= 15 is 0 Å². The van der Waals surface area contributed by atoms with E-state index in [1.807, 2.05) is 0 Å². The molecule has 1 rings (SSSR count). The third-order valence-corrected chi connectivity index (χ3v) is 1.75. The van der Waals surface area contributed by atoms with Crippen molar-refractivity contribution in [2.45, 2.75) is 6.04 Å². The average molecular weight is 259 g/mol. The van der Waals surface area contributed by atoms with Gasteiger partial charge in [0.15, 0.2) is 0 Å². The molecule has 0 radical (unpaired) electrons. The quantitative estimate of drug-likeness (QED) is 0.855. The maximum Gasteiger partial charge on any atom is 0.325 e. The van der Waals surface area contributed by atoms with Crippen LogP contribution in [0.4, 0.5) is 0 Å².